The molecule has 28 heavy (non-hydrogen) atoms. The third-order valence-electron chi connectivity index (χ3n) is 4.44. The SMILES string of the molecule is CC(C(=O)Nc1ccc(Cl)cc1)N1C(=O)COc2ccc(-c3cscn3)cc21. The molecule has 142 valence electrons. The normalized spacial score (nSPS) is 14.2. The first-order valence-electron chi connectivity index (χ1n) is 8.57. The van der Waals surface area contributed by atoms with Gasteiger partial charge in [0.1, 0.15) is 11.8 Å². The summed E-state index contributed by atoms with van der Waals surface area (Å²) in [6.07, 6.45) is 0. The number of carbonyl (C=O) groups excluding carboxylic acids is 2. The van der Waals surface area contributed by atoms with Gasteiger partial charge in [-0.15, -0.1) is 11.3 Å². The first-order chi connectivity index (χ1) is 13.5. The fraction of sp³-hybridized carbons (Fsp3) is 0.150. The van der Waals surface area contributed by atoms with Crippen molar-refractivity contribution in [2.45, 2.75) is 13.0 Å². The number of aromatic nitrogens is 1. The van der Waals surface area contributed by atoms with Crippen LogP contribution in [0.15, 0.2) is 53.4 Å². The van der Waals surface area contributed by atoms with E-state index in [2.05, 4.69) is 10.3 Å². The lowest BCUT2D eigenvalue weighted by atomic mass is 10.1. The molecule has 1 aromatic heterocycles. The molecule has 8 heteroatoms. The lowest BCUT2D eigenvalue weighted by Crippen LogP contribution is -2.49. The van der Waals surface area contributed by atoms with Crippen molar-refractivity contribution in [3.63, 3.8) is 0 Å². The summed E-state index contributed by atoms with van der Waals surface area (Å²) >= 11 is 7.37. The number of anilines is 2. The van der Waals surface area contributed by atoms with Crippen molar-refractivity contribution < 1.29 is 14.3 Å². The molecular formula is C20H16ClN3O3S. The van der Waals surface area contributed by atoms with E-state index in [0.29, 0.717) is 22.1 Å². The van der Waals surface area contributed by atoms with Crippen LogP contribution in [0.2, 0.25) is 5.02 Å². The zero-order chi connectivity index (χ0) is 19.7. The Morgan fingerprint density at radius 1 is 1.29 bits per heavy atom. The van der Waals surface area contributed by atoms with Gasteiger partial charge in [-0.05, 0) is 49.4 Å². The van der Waals surface area contributed by atoms with Crippen LogP contribution in [0.25, 0.3) is 11.3 Å². The Hall–Kier alpha value is -2.90. The summed E-state index contributed by atoms with van der Waals surface area (Å²) in [5.74, 6) is -0.0195. The minimum Gasteiger partial charge on any atom is -0.482 e. The van der Waals surface area contributed by atoms with Gasteiger partial charge < -0.3 is 10.1 Å². The smallest absolute Gasteiger partial charge is 0.265 e. The number of thiazole rings is 1. The Morgan fingerprint density at radius 2 is 2.07 bits per heavy atom. The molecular weight excluding hydrogens is 398 g/mol. The number of rotatable bonds is 4. The Morgan fingerprint density at radius 3 is 2.79 bits per heavy atom. The Bertz CT molecular complexity index is 1020. The van der Waals surface area contributed by atoms with Gasteiger partial charge in [0, 0.05) is 21.7 Å². The quantitative estimate of drug-likeness (QED) is 0.695. The monoisotopic (exact) mass is 413 g/mol. The number of hydrogen-bond acceptors (Lipinski definition) is 5. The first-order valence-corrected chi connectivity index (χ1v) is 9.89. The predicted octanol–water partition coefficient (Wildman–Crippen LogP) is 4.22. The van der Waals surface area contributed by atoms with E-state index in [1.54, 1.807) is 42.8 Å². The fourth-order valence-electron chi connectivity index (χ4n) is 3.01. The van der Waals surface area contributed by atoms with Crippen molar-refractivity contribution in [1.82, 2.24) is 4.98 Å². The van der Waals surface area contributed by atoms with Gasteiger partial charge in [0.2, 0.25) is 5.91 Å². The number of nitrogens with zero attached hydrogens (tertiary/aromatic N) is 2. The van der Waals surface area contributed by atoms with Crippen LogP contribution in [0, 0.1) is 0 Å². The van der Waals surface area contributed by atoms with E-state index < -0.39 is 6.04 Å². The van der Waals surface area contributed by atoms with E-state index in [9.17, 15) is 9.59 Å². The highest BCUT2D eigenvalue weighted by atomic mass is 35.5. The number of halogens is 1. The Kier molecular flexibility index (Phi) is 5.02. The van der Waals surface area contributed by atoms with Gasteiger partial charge in [0.15, 0.2) is 6.61 Å². The van der Waals surface area contributed by atoms with Crippen molar-refractivity contribution in [3.8, 4) is 17.0 Å². The van der Waals surface area contributed by atoms with Crippen molar-refractivity contribution in [3.05, 3.63) is 58.4 Å². The number of fused-ring (bicyclic) bond motifs is 1. The van der Waals surface area contributed by atoms with Gasteiger partial charge in [0.25, 0.3) is 5.91 Å². The molecule has 0 aliphatic carbocycles. The average Bonchev–Trinajstić information content (AvgIpc) is 3.23. The molecule has 0 fully saturated rings. The zero-order valence-electron chi connectivity index (χ0n) is 14.9. The Labute approximate surface area is 170 Å². The molecule has 2 amide bonds. The summed E-state index contributed by atoms with van der Waals surface area (Å²) in [6, 6.07) is 11.6. The third kappa shape index (κ3) is 3.58. The molecule has 4 rings (SSSR count). The summed E-state index contributed by atoms with van der Waals surface area (Å²) in [7, 11) is 0. The van der Waals surface area contributed by atoms with E-state index in [1.165, 1.54) is 16.2 Å². The lowest BCUT2D eigenvalue weighted by molar-refractivity contribution is -0.125. The van der Waals surface area contributed by atoms with Crippen LogP contribution < -0.4 is 15.0 Å². The minimum absolute atomic E-state index is 0.110. The molecule has 0 saturated carbocycles. The summed E-state index contributed by atoms with van der Waals surface area (Å²) in [6.45, 7) is 1.58. The maximum absolute atomic E-state index is 12.8. The van der Waals surface area contributed by atoms with Crippen molar-refractivity contribution in [2.75, 3.05) is 16.8 Å². The Balaban J connectivity index is 1.63. The van der Waals surface area contributed by atoms with Crippen molar-refractivity contribution in [2.24, 2.45) is 0 Å². The van der Waals surface area contributed by atoms with Crippen molar-refractivity contribution >= 4 is 46.1 Å². The second-order valence-corrected chi connectivity index (χ2v) is 7.44. The number of hydrogen-bond donors (Lipinski definition) is 1. The lowest BCUT2D eigenvalue weighted by Gasteiger charge is -2.33. The molecule has 0 saturated heterocycles. The highest BCUT2D eigenvalue weighted by Gasteiger charge is 2.33. The maximum Gasteiger partial charge on any atom is 0.265 e. The van der Waals surface area contributed by atoms with Crippen LogP contribution in [-0.2, 0) is 9.59 Å². The maximum atomic E-state index is 12.8. The predicted molar refractivity (Wildman–Crippen MR) is 110 cm³/mol. The third-order valence-corrected chi connectivity index (χ3v) is 5.28. The van der Waals surface area contributed by atoms with Gasteiger partial charge in [-0.1, -0.05) is 11.6 Å². The summed E-state index contributed by atoms with van der Waals surface area (Å²) in [5, 5.41) is 5.32. The van der Waals surface area contributed by atoms with E-state index in [1.807, 2.05) is 17.5 Å². The molecule has 0 spiro atoms. The zero-order valence-corrected chi connectivity index (χ0v) is 16.5. The average molecular weight is 414 g/mol. The standard InChI is InChI=1S/C20H16ClN3O3S/c1-12(20(26)23-15-5-3-14(21)4-6-15)24-17-8-13(16-10-28-11-22-16)2-7-18(17)27-9-19(24)25/h2-8,10-12H,9H2,1H3,(H,23,26). The van der Waals surface area contributed by atoms with Crippen LogP contribution >= 0.6 is 22.9 Å². The molecule has 1 atom stereocenters. The largest absolute Gasteiger partial charge is 0.482 e. The van der Waals surface area contributed by atoms with Gasteiger partial charge in [0.05, 0.1) is 16.9 Å². The number of ether oxygens (including phenoxy) is 1. The number of amides is 2. The van der Waals surface area contributed by atoms with E-state index in [0.717, 1.165) is 11.3 Å². The van der Waals surface area contributed by atoms with Gasteiger partial charge in [-0.3, -0.25) is 14.5 Å². The van der Waals surface area contributed by atoms with Crippen LogP contribution in [0.5, 0.6) is 5.75 Å². The van der Waals surface area contributed by atoms with Gasteiger partial charge >= 0.3 is 0 Å². The first kappa shape index (κ1) is 18.5. The molecule has 1 unspecified atom stereocenters. The number of carbonyl (C=O) groups is 2. The number of benzene rings is 2. The van der Waals surface area contributed by atoms with Crippen LogP contribution in [0.4, 0.5) is 11.4 Å². The van der Waals surface area contributed by atoms with Crippen molar-refractivity contribution in [1.29, 1.82) is 0 Å². The van der Waals surface area contributed by atoms with Gasteiger partial charge in [-0.25, -0.2) is 4.98 Å². The second-order valence-electron chi connectivity index (χ2n) is 6.28. The molecule has 6 nitrogen and oxygen atoms in total. The minimum atomic E-state index is -0.725. The topological polar surface area (TPSA) is 71.5 Å². The highest BCUT2D eigenvalue weighted by Crippen LogP contribution is 2.37. The molecule has 3 aromatic rings. The molecule has 1 aliphatic rings. The molecule has 0 bridgehead atoms. The summed E-state index contributed by atoms with van der Waals surface area (Å²) in [4.78, 5) is 31.1. The van der Waals surface area contributed by atoms with Crippen LogP contribution in [0.3, 0.4) is 0 Å². The summed E-state index contributed by atoms with van der Waals surface area (Å²) < 4.78 is 5.54. The molecule has 0 radical (unpaired) electrons. The molecule has 1 aliphatic heterocycles. The van der Waals surface area contributed by atoms with E-state index in [-0.39, 0.29) is 18.4 Å². The van der Waals surface area contributed by atoms with Gasteiger partial charge in [-0.2, -0.15) is 0 Å². The highest BCUT2D eigenvalue weighted by molar-refractivity contribution is 7.07. The molecule has 1 N–H and O–H groups in total. The van der Waals surface area contributed by atoms with Crippen LogP contribution in [-0.4, -0.2) is 29.4 Å². The number of nitrogens with one attached hydrogen (secondary N) is 1. The summed E-state index contributed by atoms with van der Waals surface area (Å²) in [5.41, 5.74) is 4.58. The molecule has 2 heterocycles. The van der Waals surface area contributed by atoms with E-state index >= 15 is 0 Å². The second kappa shape index (κ2) is 7.61. The van der Waals surface area contributed by atoms with Crippen LogP contribution in [0.1, 0.15) is 6.92 Å². The molecule has 2 aromatic carbocycles. The fourth-order valence-corrected chi connectivity index (χ4v) is 3.69. The van der Waals surface area contributed by atoms with E-state index in [4.69, 9.17) is 16.3 Å².